The van der Waals surface area contributed by atoms with Crippen molar-refractivity contribution in [3.05, 3.63) is 35.3 Å². The molecule has 0 radical (unpaired) electrons. The number of hydrogen-bond donors (Lipinski definition) is 1. The minimum atomic E-state index is -0.314. The number of hydrogen-bond acceptors (Lipinski definition) is 3. The molecule has 2 rings (SSSR count). The SMILES string of the molecule is CCOCC(N)c1oc2ccc(F)cc2c1C. The Morgan fingerprint density at radius 1 is 1.47 bits per heavy atom. The molecule has 1 aromatic heterocycles. The maximum atomic E-state index is 13.1. The number of aryl methyl sites for hydroxylation is 1. The lowest BCUT2D eigenvalue weighted by molar-refractivity contribution is 0.128. The van der Waals surface area contributed by atoms with Crippen LogP contribution in [0.5, 0.6) is 0 Å². The Balaban J connectivity index is 2.38. The lowest BCUT2D eigenvalue weighted by atomic mass is 10.1. The summed E-state index contributed by atoms with van der Waals surface area (Å²) in [5, 5.41) is 0.770. The third kappa shape index (κ3) is 2.33. The maximum Gasteiger partial charge on any atom is 0.134 e. The van der Waals surface area contributed by atoms with Gasteiger partial charge in [0.15, 0.2) is 0 Å². The lowest BCUT2D eigenvalue weighted by Gasteiger charge is -2.09. The van der Waals surface area contributed by atoms with E-state index in [1.165, 1.54) is 12.1 Å². The Hall–Kier alpha value is -1.39. The summed E-state index contributed by atoms with van der Waals surface area (Å²) in [5.41, 5.74) is 7.51. The number of halogens is 1. The topological polar surface area (TPSA) is 48.4 Å². The van der Waals surface area contributed by atoms with Crippen LogP contribution in [0.15, 0.2) is 22.6 Å². The largest absolute Gasteiger partial charge is 0.459 e. The van der Waals surface area contributed by atoms with Gasteiger partial charge in [0.25, 0.3) is 0 Å². The normalized spacial score (nSPS) is 13.2. The summed E-state index contributed by atoms with van der Waals surface area (Å²) in [7, 11) is 0. The first-order chi connectivity index (χ1) is 8.13. The monoisotopic (exact) mass is 237 g/mol. The zero-order valence-electron chi connectivity index (χ0n) is 10.00. The molecular weight excluding hydrogens is 221 g/mol. The van der Waals surface area contributed by atoms with Gasteiger partial charge in [-0.25, -0.2) is 4.39 Å². The quantitative estimate of drug-likeness (QED) is 0.889. The molecule has 2 aromatic rings. The molecule has 0 saturated carbocycles. The fourth-order valence-corrected chi connectivity index (χ4v) is 1.89. The van der Waals surface area contributed by atoms with Gasteiger partial charge in [0.05, 0.1) is 12.6 Å². The second kappa shape index (κ2) is 4.85. The molecule has 4 heteroatoms. The van der Waals surface area contributed by atoms with E-state index in [4.69, 9.17) is 14.9 Å². The summed E-state index contributed by atoms with van der Waals surface area (Å²) in [6.45, 7) is 4.81. The summed E-state index contributed by atoms with van der Waals surface area (Å²) in [4.78, 5) is 0. The predicted octanol–water partition coefficient (Wildman–Crippen LogP) is 2.92. The van der Waals surface area contributed by atoms with E-state index in [2.05, 4.69) is 0 Å². The molecule has 0 aliphatic heterocycles. The van der Waals surface area contributed by atoms with Crippen LogP contribution in [-0.2, 0) is 4.74 Å². The number of fused-ring (bicyclic) bond motifs is 1. The van der Waals surface area contributed by atoms with Crippen LogP contribution in [0, 0.1) is 12.7 Å². The van der Waals surface area contributed by atoms with Gasteiger partial charge in [0, 0.05) is 17.6 Å². The molecule has 0 saturated heterocycles. The highest BCUT2D eigenvalue weighted by atomic mass is 19.1. The van der Waals surface area contributed by atoms with E-state index >= 15 is 0 Å². The molecule has 17 heavy (non-hydrogen) atoms. The highest BCUT2D eigenvalue weighted by molar-refractivity contribution is 5.82. The summed E-state index contributed by atoms with van der Waals surface area (Å²) in [5.74, 6) is 0.394. The summed E-state index contributed by atoms with van der Waals surface area (Å²) in [6.07, 6.45) is 0. The fraction of sp³-hybridized carbons (Fsp3) is 0.385. The van der Waals surface area contributed by atoms with Crippen molar-refractivity contribution in [3.63, 3.8) is 0 Å². The second-order valence-corrected chi connectivity index (χ2v) is 4.00. The third-order valence-corrected chi connectivity index (χ3v) is 2.77. The first-order valence-corrected chi connectivity index (χ1v) is 5.65. The number of rotatable bonds is 4. The molecule has 1 aromatic carbocycles. The van der Waals surface area contributed by atoms with Crippen LogP contribution < -0.4 is 5.73 Å². The molecule has 1 heterocycles. The van der Waals surface area contributed by atoms with Gasteiger partial charge in [0.1, 0.15) is 17.2 Å². The van der Waals surface area contributed by atoms with Crippen molar-refractivity contribution in [1.29, 1.82) is 0 Å². The van der Waals surface area contributed by atoms with E-state index in [9.17, 15) is 4.39 Å². The lowest BCUT2D eigenvalue weighted by Crippen LogP contribution is -2.17. The Labute approximate surface area is 99.4 Å². The Bertz CT molecular complexity index is 521. The molecule has 0 aliphatic carbocycles. The number of furan rings is 1. The van der Waals surface area contributed by atoms with E-state index < -0.39 is 0 Å². The first kappa shape index (κ1) is 12.1. The van der Waals surface area contributed by atoms with Crippen LogP contribution in [0.3, 0.4) is 0 Å². The van der Waals surface area contributed by atoms with Gasteiger partial charge in [-0.05, 0) is 32.0 Å². The zero-order valence-corrected chi connectivity index (χ0v) is 10.00. The van der Waals surface area contributed by atoms with Crippen molar-refractivity contribution in [3.8, 4) is 0 Å². The molecular formula is C13H16FNO2. The molecule has 0 aliphatic rings. The number of nitrogens with two attached hydrogens (primary N) is 1. The van der Waals surface area contributed by atoms with E-state index in [1.807, 2.05) is 13.8 Å². The summed E-state index contributed by atoms with van der Waals surface area (Å²) >= 11 is 0. The van der Waals surface area contributed by atoms with E-state index in [0.717, 1.165) is 10.9 Å². The van der Waals surface area contributed by atoms with E-state index in [1.54, 1.807) is 6.07 Å². The molecule has 3 nitrogen and oxygen atoms in total. The Morgan fingerprint density at radius 2 is 2.24 bits per heavy atom. The van der Waals surface area contributed by atoms with Gasteiger partial charge in [-0.1, -0.05) is 0 Å². The van der Waals surface area contributed by atoms with Crippen LogP contribution in [0.1, 0.15) is 24.3 Å². The third-order valence-electron chi connectivity index (χ3n) is 2.77. The highest BCUT2D eigenvalue weighted by Gasteiger charge is 2.17. The van der Waals surface area contributed by atoms with Crippen molar-refractivity contribution in [1.82, 2.24) is 0 Å². The van der Waals surface area contributed by atoms with Gasteiger partial charge in [-0.2, -0.15) is 0 Å². The summed E-state index contributed by atoms with van der Waals surface area (Å²) in [6, 6.07) is 4.15. The molecule has 0 fully saturated rings. The van der Waals surface area contributed by atoms with E-state index in [-0.39, 0.29) is 11.9 Å². The van der Waals surface area contributed by atoms with Gasteiger partial charge in [-0.3, -0.25) is 0 Å². The number of ether oxygens (including phenoxy) is 1. The standard InChI is InChI=1S/C13H16FNO2/c1-3-16-7-11(15)13-8(2)10-6-9(14)4-5-12(10)17-13/h4-6,11H,3,7,15H2,1-2H3. The van der Waals surface area contributed by atoms with Crippen molar-refractivity contribution in [2.75, 3.05) is 13.2 Å². The fourth-order valence-electron chi connectivity index (χ4n) is 1.89. The van der Waals surface area contributed by atoms with Crippen LogP contribution in [0.2, 0.25) is 0 Å². The minimum absolute atomic E-state index is 0.272. The molecule has 1 atom stereocenters. The summed E-state index contributed by atoms with van der Waals surface area (Å²) < 4.78 is 24.0. The van der Waals surface area contributed by atoms with Crippen molar-refractivity contribution in [2.45, 2.75) is 19.9 Å². The van der Waals surface area contributed by atoms with Gasteiger partial charge in [0.2, 0.25) is 0 Å². The average molecular weight is 237 g/mol. The van der Waals surface area contributed by atoms with Gasteiger partial charge in [-0.15, -0.1) is 0 Å². The second-order valence-electron chi connectivity index (χ2n) is 4.00. The molecule has 0 spiro atoms. The van der Waals surface area contributed by atoms with Crippen LogP contribution in [-0.4, -0.2) is 13.2 Å². The zero-order chi connectivity index (χ0) is 12.4. The molecule has 0 bridgehead atoms. The van der Waals surface area contributed by atoms with E-state index in [0.29, 0.717) is 24.6 Å². The molecule has 0 amide bonds. The van der Waals surface area contributed by atoms with Crippen molar-refractivity contribution in [2.24, 2.45) is 5.73 Å². The van der Waals surface area contributed by atoms with Crippen LogP contribution >= 0.6 is 0 Å². The van der Waals surface area contributed by atoms with Crippen LogP contribution in [0.4, 0.5) is 4.39 Å². The average Bonchev–Trinajstić information content (AvgIpc) is 2.64. The van der Waals surface area contributed by atoms with Crippen molar-refractivity contribution < 1.29 is 13.5 Å². The molecule has 92 valence electrons. The first-order valence-electron chi connectivity index (χ1n) is 5.65. The smallest absolute Gasteiger partial charge is 0.134 e. The van der Waals surface area contributed by atoms with Crippen LogP contribution in [0.25, 0.3) is 11.0 Å². The highest BCUT2D eigenvalue weighted by Crippen LogP contribution is 2.29. The Kier molecular flexibility index (Phi) is 3.45. The molecule has 1 unspecified atom stereocenters. The predicted molar refractivity (Wildman–Crippen MR) is 64.3 cm³/mol. The minimum Gasteiger partial charge on any atom is -0.459 e. The van der Waals surface area contributed by atoms with Gasteiger partial charge < -0.3 is 14.9 Å². The maximum absolute atomic E-state index is 13.1. The van der Waals surface area contributed by atoms with Gasteiger partial charge >= 0.3 is 0 Å². The Morgan fingerprint density at radius 3 is 2.94 bits per heavy atom. The van der Waals surface area contributed by atoms with Crippen molar-refractivity contribution >= 4 is 11.0 Å². The molecule has 2 N–H and O–H groups in total. The number of benzene rings is 1.